The second-order valence-electron chi connectivity index (χ2n) is 6.55. The number of methoxy groups -OCH3 is 1. The maximum atomic E-state index is 13.1. The molecule has 1 heterocycles. The monoisotopic (exact) mass is 370 g/mol. The molecule has 27 heavy (non-hydrogen) atoms. The molecule has 0 radical (unpaired) electrons. The van der Waals surface area contributed by atoms with Crippen LogP contribution in [-0.4, -0.2) is 49.3 Å². The molecule has 0 aromatic heterocycles. The van der Waals surface area contributed by atoms with Crippen LogP contribution in [0.3, 0.4) is 0 Å². The van der Waals surface area contributed by atoms with Gasteiger partial charge >= 0.3 is 0 Å². The van der Waals surface area contributed by atoms with Crippen LogP contribution in [0.15, 0.2) is 42.5 Å². The fourth-order valence-corrected chi connectivity index (χ4v) is 3.40. The summed E-state index contributed by atoms with van der Waals surface area (Å²) in [5.41, 5.74) is 2.22. The normalized spacial score (nSPS) is 16.3. The molecule has 1 aliphatic heterocycles. The molecule has 0 spiro atoms. The smallest absolute Gasteiger partial charge is 0.256 e. The number of aliphatic hydroxyl groups excluding tert-OH is 1. The van der Waals surface area contributed by atoms with Crippen molar-refractivity contribution in [3.63, 3.8) is 0 Å². The number of ether oxygens (including phenoxy) is 2. The quantitative estimate of drug-likeness (QED) is 0.784. The largest absolute Gasteiger partial charge is 0.493 e. The second-order valence-corrected chi connectivity index (χ2v) is 6.55. The molecule has 6 heteroatoms. The van der Waals surface area contributed by atoms with Gasteiger partial charge in [-0.1, -0.05) is 30.3 Å². The van der Waals surface area contributed by atoms with E-state index < -0.39 is 0 Å². The van der Waals surface area contributed by atoms with Crippen LogP contribution in [0.5, 0.6) is 11.5 Å². The van der Waals surface area contributed by atoms with Crippen molar-refractivity contribution in [3.8, 4) is 11.5 Å². The Kier molecular flexibility index (Phi) is 6.19. The number of rotatable bonds is 7. The van der Waals surface area contributed by atoms with Gasteiger partial charge in [0.1, 0.15) is 6.61 Å². The van der Waals surface area contributed by atoms with Crippen LogP contribution in [-0.2, 0) is 6.61 Å². The van der Waals surface area contributed by atoms with Gasteiger partial charge in [-0.2, -0.15) is 0 Å². The van der Waals surface area contributed by atoms with Crippen LogP contribution in [0, 0.1) is 0 Å². The van der Waals surface area contributed by atoms with Crippen LogP contribution in [0.2, 0.25) is 0 Å². The van der Waals surface area contributed by atoms with E-state index in [1.54, 1.807) is 31.2 Å². The fourth-order valence-electron chi connectivity index (χ4n) is 3.40. The van der Waals surface area contributed by atoms with E-state index in [0.717, 1.165) is 18.4 Å². The van der Waals surface area contributed by atoms with Gasteiger partial charge < -0.3 is 24.8 Å². The highest BCUT2D eigenvalue weighted by Crippen LogP contribution is 2.35. The second kappa shape index (κ2) is 8.77. The minimum Gasteiger partial charge on any atom is -0.493 e. The Bertz CT molecular complexity index is 779. The van der Waals surface area contributed by atoms with Crippen LogP contribution < -0.4 is 14.8 Å². The van der Waals surface area contributed by atoms with Gasteiger partial charge in [-0.05, 0) is 24.5 Å². The molecular weight excluding hydrogens is 344 g/mol. The van der Waals surface area contributed by atoms with E-state index in [2.05, 4.69) is 5.32 Å². The molecule has 3 rings (SSSR count). The van der Waals surface area contributed by atoms with Crippen molar-refractivity contribution in [3.05, 3.63) is 53.6 Å². The summed E-state index contributed by atoms with van der Waals surface area (Å²) in [4.78, 5) is 14.8. The number of likely N-dealkylation sites (tertiary alicyclic amines) is 1. The number of carbonyl (C=O) groups excluding carboxylic acids is 1. The molecule has 0 bridgehead atoms. The topological polar surface area (TPSA) is 71.0 Å². The average Bonchev–Trinajstić information content (AvgIpc) is 3.20. The van der Waals surface area contributed by atoms with Gasteiger partial charge in [0.05, 0.1) is 31.0 Å². The molecule has 0 unspecified atom stereocenters. The number of hydrogen-bond acceptors (Lipinski definition) is 5. The Morgan fingerprint density at radius 2 is 2.04 bits per heavy atom. The van der Waals surface area contributed by atoms with Gasteiger partial charge in [-0.15, -0.1) is 0 Å². The van der Waals surface area contributed by atoms with Gasteiger partial charge in [-0.3, -0.25) is 4.79 Å². The Balaban J connectivity index is 1.89. The molecule has 2 aromatic rings. The fraction of sp³-hybridized carbons (Fsp3) is 0.381. The first-order valence-corrected chi connectivity index (χ1v) is 9.16. The summed E-state index contributed by atoms with van der Waals surface area (Å²) in [5.74, 6) is 0.971. The molecule has 0 aliphatic carbocycles. The zero-order chi connectivity index (χ0) is 19.2. The summed E-state index contributed by atoms with van der Waals surface area (Å²) in [6, 6.07) is 13.2. The lowest BCUT2D eigenvalue weighted by atomic mass is 10.1. The molecule has 144 valence electrons. The summed E-state index contributed by atoms with van der Waals surface area (Å²) < 4.78 is 11.4. The molecule has 1 fully saturated rings. The summed E-state index contributed by atoms with van der Waals surface area (Å²) in [7, 11) is 3.34. The number of nitrogens with one attached hydrogen (secondary N) is 1. The minimum atomic E-state index is -0.127. The molecule has 1 aliphatic rings. The van der Waals surface area contributed by atoms with Crippen molar-refractivity contribution in [2.75, 3.05) is 32.6 Å². The Morgan fingerprint density at radius 3 is 2.70 bits per heavy atom. The number of aliphatic hydroxyl groups is 1. The van der Waals surface area contributed by atoms with E-state index in [1.165, 1.54) is 0 Å². The average molecular weight is 370 g/mol. The maximum absolute atomic E-state index is 13.1. The number of benzene rings is 2. The zero-order valence-electron chi connectivity index (χ0n) is 15.8. The Hall–Kier alpha value is -2.73. The van der Waals surface area contributed by atoms with Crippen LogP contribution in [0.1, 0.15) is 28.8 Å². The van der Waals surface area contributed by atoms with Crippen LogP contribution >= 0.6 is 0 Å². The van der Waals surface area contributed by atoms with E-state index in [-0.39, 0.29) is 18.6 Å². The Labute approximate surface area is 159 Å². The van der Waals surface area contributed by atoms with E-state index >= 15 is 0 Å². The Morgan fingerprint density at radius 1 is 1.26 bits per heavy atom. The highest BCUT2D eigenvalue weighted by Gasteiger charge is 2.30. The molecule has 1 amide bonds. The highest BCUT2D eigenvalue weighted by atomic mass is 16.5. The highest BCUT2D eigenvalue weighted by molar-refractivity contribution is 6.01. The zero-order valence-corrected chi connectivity index (χ0v) is 15.8. The number of nitrogens with zero attached hydrogens (tertiary/aromatic N) is 1. The summed E-state index contributed by atoms with van der Waals surface area (Å²) in [6.45, 7) is 1.01. The standard InChI is InChI=1S/C21H26N2O4/c1-22-18-12-19(26-2)20(27-14-15-7-4-3-5-8-15)11-17(18)21(25)23-10-6-9-16(23)13-24/h3-5,7-8,11-12,16,22,24H,6,9-10,13-14H2,1-2H3/t16-/m0/s1. The summed E-state index contributed by atoms with van der Waals surface area (Å²) in [5, 5.41) is 12.6. The SMILES string of the molecule is CNc1cc(OC)c(OCc2ccccc2)cc1C(=O)N1CCC[C@H]1CO. The van der Waals surface area contributed by atoms with Crippen molar-refractivity contribution in [1.29, 1.82) is 0 Å². The van der Waals surface area contributed by atoms with Crippen molar-refractivity contribution >= 4 is 11.6 Å². The number of carbonyl (C=O) groups is 1. The van der Waals surface area contributed by atoms with Gasteiger partial charge in [0.15, 0.2) is 11.5 Å². The minimum absolute atomic E-state index is 0.0197. The van der Waals surface area contributed by atoms with Crippen molar-refractivity contribution < 1.29 is 19.4 Å². The number of hydrogen-bond donors (Lipinski definition) is 2. The lowest BCUT2D eigenvalue weighted by Gasteiger charge is -2.25. The predicted molar refractivity (Wildman–Crippen MR) is 104 cm³/mol. The van der Waals surface area contributed by atoms with E-state index in [0.29, 0.717) is 35.9 Å². The van der Waals surface area contributed by atoms with Gasteiger partial charge in [0.25, 0.3) is 5.91 Å². The lowest BCUT2D eigenvalue weighted by Crippen LogP contribution is -2.37. The maximum Gasteiger partial charge on any atom is 0.256 e. The molecular formula is C21H26N2O4. The van der Waals surface area contributed by atoms with Crippen molar-refractivity contribution in [2.24, 2.45) is 0 Å². The van der Waals surface area contributed by atoms with Crippen molar-refractivity contribution in [1.82, 2.24) is 4.90 Å². The van der Waals surface area contributed by atoms with Crippen molar-refractivity contribution in [2.45, 2.75) is 25.5 Å². The third kappa shape index (κ3) is 4.17. The molecule has 2 aromatic carbocycles. The third-order valence-electron chi connectivity index (χ3n) is 4.89. The van der Waals surface area contributed by atoms with Crippen LogP contribution in [0.4, 0.5) is 5.69 Å². The third-order valence-corrected chi connectivity index (χ3v) is 4.89. The molecule has 6 nitrogen and oxygen atoms in total. The predicted octanol–water partition coefficient (Wildman–Crippen LogP) is 2.91. The van der Waals surface area contributed by atoms with E-state index in [1.807, 2.05) is 30.3 Å². The lowest BCUT2D eigenvalue weighted by molar-refractivity contribution is 0.0678. The molecule has 2 N–H and O–H groups in total. The molecule has 0 saturated carbocycles. The summed E-state index contributed by atoms with van der Waals surface area (Å²) in [6.07, 6.45) is 1.73. The summed E-state index contributed by atoms with van der Waals surface area (Å²) >= 11 is 0. The molecule has 1 saturated heterocycles. The molecule has 1 atom stereocenters. The first-order chi connectivity index (χ1) is 13.2. The van der Waals surface area contributed by atoms with Gasteiger partial charge in [0, 0.05) is 19.7 Å². The van der Waals surface area contributed by atoms with E-state index in [4.69, 9.17) is 9.47 Å². The van der Waals surface area contributed by atoms with E-state index in [9.17, 15) is 9.90 Å². The number of anilines is 1. The first kappa shape index (κ1) is 19.0. The van der Waals surface area contributed by atoms with Crippen LogP contribution in [0.25, 0.3) is 0 Å². The van der Waals surface area contributed by atoms with Gasteiger partial charge in [-0.25, -0.2) is 0 Å². The first-order valence-electron chi connectivity index (χ1n) is 9.16. The van der Waals surface area contributed by atoms with Gasteiger partial charge in [0.2, 0.25) is 0 Å². The number of amides is 1.